The summed E-state index contributed by atoms with van der Waals surface area (Å²) in [7, 11) is 0. The van der Waals surface area contributed by atoms with Crippen molar-refractivity contribution in [1.29, 1.82) is 0 Å². The van der Waals surface area contributed by atoms with Crippen molar-refractivity contribution >= 4 is 0 Å². The highest BCUT2D eigenvalue weighted by molar-refractivity contribution is 5.15. The maximum absolute atomic E-state index is 2.53. The van der Waals surface area contributed by atoms with E-state index in [1.165, 1.54) is 76.0 Å². The smallest absolute Gasteiger partial charge is 0.103 e. The van der Waals surface area contributed by atoms with Crippen molar-refractivity contribution in [3.8, 4) is 0 Å². The fourth-order valence-electron chi connectivity index (χ4n) is 6.38. The summed E-state index contributed by atoms with van der Waals surface area (Å²) in [4.78, 5) is 3.69. The first-order chi connectivity index (χ1) is 14.8. The van der Waals surface area contributed by atoms with Crippen molar-refractivity contribution in [3.05, 3.63) is 83.9 Å². The Balaban J connectivity index is 1.18. The third kappa shape index (κ3) is 4.87. The van der Waals surface area contributed by atoms with Gasteiger partial charge in [0.2, 0.25) is 0 Å². The van der Waals surface area contributed by atoms with Crippen LogP contribution in [0.15, 0.2) is 72.8 Å². The molecule has 158 valence electrons. The lowest BCUT2D eigenvalue weighted by atomic mass is 9.92. The molecule has 2 aromatic carbocycles. The third-order valence-corrected chi connectivity index (χ3v) is 8.09. The van der Waals surface area contributed by atoms with E-state index < -0.39 is 0 Å². The molecule has 1 unspecified atom stereocenters. The summed E-state index contributed by atoms with van der Waals surface area (Å²) in [6.07, 6.45) is 11.9. The molecule has 2 heteroatoms. The number of benzene rings is 2. The Labute approximate surface area is 182 Å². The van der Waals surface area contributed by atoms with E-state index in [-0.39, 0.29) is 0 Å². The van der Waals surface area contributed by atoms with Crippen LogP contribution in [0.1, 0.15) is 36.8 Å². The Hall–Kier alpha value is -1.90. The molecule has 2 aromatic rings. The minimum atomic E-state index is 0.817. The standard InChI is InChI=1S/C28H36N2/c1-3-7-23(8-4-1)13-18-30(21-24-9-5-2-6-10-24)28-14-16-29(17-15-28)22-27-20-25-11-12-26(27)19-25/h1-12,25-28H,13-22H2/p+2/t25-,26-,27-/m0/s1. The van der Waals surface area contributed by atoms with E-state index in [1.807, 2.05) is 4.90 Å². The van der Waals surface area contributed by atoms with Gasteiger partial charge in [-0.3, -0.25) is 0 Å². The van der Waals surface area contributed by atoms with E-state index in [0.717, 1.165) is 23.8 Å². The summed E-state index contributed by atoms with van der Waals surface area (Å²) in [5.41, 5.74) is 2.97. The van der Waals surface area contributed by atoms with Gasteiger partial charge in [0, 0.05) is 30.7 Å². The molecule has 2 fully saturated rings. The van der Waals surface area contributed by atoms with Gasteiger partial charge in [-0.2, -0.15) is 0 Å². The maximum atomic E-state index is 2.53. The van der Waals surface area contributed by atoms with Crippen molar-refractivity contribution in [2.75, 3.05) is 26.2 Å². The molecule has 0 amide bonds. The van der Waals surface area contributed by atoms with Crippen molar-refractivity contribution in [2.24, 2.45) is 17.8 Å². The first-order valence-corrected chi connectivity index (χ1v) is 12.3. The molecule has 3 aliphatic rings. The Bertz CT molecular complexity index is 807. The van der Waals surface area contributed by atoms with Crippen LogP contribution >= 0.6 is 0 Å². The number of rotatable bonds is 8. The minimum absolute atomic E-state index is 0.817. The average molecular weight is 403 g/mol. The van der Waals surface area contributed by atoms with Gasteiger partial charge in [0.1, 0.15) is 6.54 Å². The number of quaternary nitrogens is 2. The first kappa shape index (κ1) is 20.0. The molecule has 2 N–H and O–H groups in total. The van der Waals surface area contributed by atoms with Crippen LogP contribution < -0.4 is 9.80 Å². The van der Waals surface area contributed by atoms with E-state index in [2.05, 4.69) is 72.8 Å². The van der Waals surface area contributed by atoms with Crippen molar-refractivity contribution < 1.29 is 9.80 Å². The zero-order chi connectivity index (χ0) is 20.2. The highest BCUT2D eigenvalue weighted by Gasteiger charge is 2.39. The molecule has 0 radical (unpaired) electrons. The second-order valence-corrected chi connectivity index (χ2v) is 10.1. The fourth-order valence-corrected chi connectivity index (χ4v) is 6.38. The Morgan fingerprint density at radius 1 is 0.800 bits per heavy atom. The molecule has 1 saturated heterocycles. The van der Waals surface area contributed by atoms with Crippen LogP contribution in [0, 0.1) is 17.8 Å². The van der Waals surface area contributed by atoms with Gasteiger partial charge in [-0.25, -0.2) is 0 Å². The topological polar surface area (TPSA) is 8.88 Å². The monoisotopic (exact) mass is 402 g/mol. The number of hydrogen-bond donors (Lipinski definition) is 2. The summed E-state index contributed by atoms with van der Waals surface area (Å²) in [6, 6.07) is 23.0. The molecule has 0 spiro atoms. The van der Waals surface area contributed by atoms with Crippen LogP contribution in [0.3, 0.4) is 0 Å². The average Bonchev–Trinajstić information content (AvgIpc) is 3.42. The van der Waals surface area contributed by atoms with E-state index in [4.69, 9.17) is 0 Å². The summed E-state index contributed by atoms with van der Waals surface area (Å²) >= 11 is 0. The van der Waals surface area contributed by atoms with E-state index in [0.29, 0.717) is 0 Å². The van der Waals surface area contributed by atoms with Crippen LogP contribution in [0.25, 0.3) is 0 Å². The normalized spacial score (nSPS) is 31.1. The van der Waals surface area contributed by atoms with E-state index in [1.54, 1.807) is 4.90 Å². The summed E-state index contributed by atoms with van der Waals surface area (Å²) in [6.45, 7) is 6.61. The molecule has 5 rings (SSSR count). The van der Waals surface area contributed by atoms with Crippen molar-refractivity contribution in [1.82, 2.24) is 0 Å². The molecule has 2 nitrogen and oxygen atoms in total. The first-order valence-electron chi connectivity index (χ1n) is 12.3. The van der Waals surface area contributed by atoms with Gasteiger partial charge in [0.25, 0.3) is 0 Å². The van der Waals surface area contributed by atoms with Gasteiger partial charge in [0.15, 0.2) is 0 Å². The molecule has 0 aromatic heterocycles. The molecule has 30 heavy (non-hydrogen) atoms. The van der Waals surface area contributed by atoms with Gasteiger partial charge in [-0.15, -0.1) is 0 Å². The predicted octanol–water partition coefficient (Wildman–Crippen LogP) is 2.57. The summed E-state index contributed by atoms with van der Waals surface area (Å²) in [5, 5.41) is 0. The van der Waals surface area contributed by atoms with E-state index in [9.17, 15) is 0 Å². The Morgan fingerprint density at radius 2 is 1.50 bits per heavy atom. The largest absolute Gasteiger partial charge is 0.334 e. The fraction of sp³-hybridized carbons (Fsp3) is 0.500. The Morgan fingerprint density at radius 3 is 2.13 bits per heavy atom. The third-order valence-electron chi connectivity index (χ3n) is 8.09. The van der Waals surface area contributed by atoms with Crippen molar-refractivity contribution in [2.45, 2.75) is 44.7 Å². The lowest BCUT2D eigenvalue weighted by Gasteiger charge is -2.36. The molecule has 4 atom stereocenters. The zero-order valence-electron chi connectivity index (χ0n) is 18.3. The van der Waals surface area contributed by atoms with Gasteiger partial charge >= 0.3 is 0 Å². The molecular weight excluding hydrogens is 364 g/mol. The van der Waals surface area contributed by atoms with Crippen LogP contribution in [-0.2, 0) is 13.0 Å². The minimum Gasteiger partial charge on any atom is -0.334 e. The molecular formula is C28H38N2+2. The molecule has 2 bridgehead atoms. The highest BCUT2D eigenvalue weighted by Crippen LogP contribution is 2.42. The van der Waals surface area contributed by atoms with Crippen LogP contribution in [0.5, 0.6) is 0 Å². The lowest BCUT2D eigenvalue weighted by molar-refractivity contribution is -0.967. The number of piperidine rings is 1. The molecule has 1 heterocycles. The Kier molecular flexibility index (Phi) is 6.34. The summed E-state index contributed by atoms with van der Waals surface area (Å²) in [5.74, 6) is 2.80. The number of allylic oxidation sites excluding steroid dienone is 2. The predicted molar refractivity (Wildman–Crippen MR) is 124 cm³/mol. The lowest BCUT2D eigenvalue weighted by Crippen LogP contribution is -3.20. The van der Waals surface area contributed by atoms with E-state index >= 15 is 0 Å². The maximum Gasteiger partial charge on any atom is 0.103 e. The number of likely N-dealkylation sites (tertiary alicyclic amines) is 1. The van der Waals surface area contributed by atoms with Crippen LogP contribution in [0.2, 0.25) is 0 Å². The number of nitrogens with one attached hydrogen (secondary N) is 2. The highest BCUT2D eigenvalue weighted by atomic mass is 15.2. The van der Waals surface area contributed by atoms with Crippen LogP contribution in [0.4, 0.5) is 0 Å². The second kappa shape index (κ2) is 9.49. The quantitative estimate of drug-likeness (QED) is 0.628. The van der Waals surface area contributed by atoms with Gasteiger partial charge in [0.05, 0.1) is 32.2 Å². The van der Waals surface area contributed by atoms with Gasteiger partial charge in [-0.05, 0) is 30.2 Å². The van der Waals surface area contributed by atoms with Gasteiger partial charge < -0.3 is 9.80 Å². The van der Waals surface area contributed by atoms with Crippen molar-refractivity contribution in [3.63, 3.8) is 0 Å². The number of fused-ring (bicyclic) bond motifs is 2. The second-order valence-electron chi connectivity index (χ2n) is 10.1. The van der Waals surface area contributed by atoms with Gasteiger partial charge in [-0.1, -0.05) is 72.8 Å². The SMILES string of the molecule is C1=C[C@H]2C[C@H]1C[C@H]2C[NH+]1CCC([NH+](CCc2ccccc2)Cc2ccccc2)CC1. The number of hydrogen-bond acceptors (Lipinski definition) is 0. The molecule has 2 aliphatic carbocycles. The molecule has 1 aliphatic heterocycles. The van der Waals surface area contributed by atoms with Crippen LogP contribution in [-0.4, -0.2) is 32.2 Å². The molecule has 1 saturated carbocycles. The zero-order valence-corrected chi connectivity index (χ0v) is 18.3. The summed E-state index contributed by atoms with van der Waals surface area (Å²) < 4.78 is 0.